The summed E-state index contributed by atoms with van der Waals surface area (Å²) < 4.78 is 0. The fourth-order valence-corrected chi connectivity index (χ4v) is 2.00. The van der Waals surface area contributed by atoms with Gasteiger partial charge < -0.3 is 5.11 Å². The van der Waals surface area contributed by atoms with Crippen molar-refractivity contribution in [3.63, 3.8) is 0 Å². The van der Waals surface area contributed by atoms with Crippen LogP contribution in [-0.4, -0.2) is 26.0 Å². The highest BCUT2D eigenvalue weighted by atomic mass is 32.2. The minimum atomic E-state index is -1.02. The van der Waals surface area contributed by atoms with E-state index < -0.39 is 5.97 Å². The van der Waals surface area contributed by atoms with Crippen molar-refractivity contribution in [3.8, 4) is 0 Å². The van der Waals surface area contributed by atoms with Crippen molar-refractivity contribution in [3.05, 3.63) is 48.3 Å². The van der Waals surface area contributed by atoms with Gasteiger partial charge in [0.25, 0.3) is 0 Å². The number of aromatic carboxylic acids is 1. The van der Waals surface area contributed by atoms with E-state index in [0.717, 1.165) is 10.6 Å². The summed E-state index contributed by atoms with van der Waals surface area (Å²) in [5.41, 5.74) is 0.903. The Morgan fingerprint density at radius 2 is 2.18 bits per heavy atom. The van der Waals surface area contributed by atoms with Gasteiger partial charge >= 0.3 is 5.97 Å². The summed E-state index contributed by atoms with van der Waals surface area (Å²) in [5, 5.41) is 8.80. The van der Waals surface area contributed by atoms with E-state index in [2.05, 4.69) is 15.0 Å². The van der Waals surface area contributed by atoms with Crippen LogP contribution in [0.1, 0.15) is 16.2 Å². The predicted octanol–water partition coefficient (Wildman–Crippen LogP) is 1.86. The molecular weight excluding hydrogens is 238 g/mol. The minimum Gasteiger partial charge on any atom is -0.477 e. The lowest BCUT2D eigenvalue weighted by Gasteiger charge is -2.01. The number of thioether (sulfide) groups is 1. The zero-order valence-electron chi connectivity index (χ0n) is 8.78. The van der Waals surface area contributed by atoms with Crippen LogP contribution in [0.4, 0.5) is 0 Å². The summed E-state index contributed by atoms with van der Waals surface area (Å²) in [5.74, 6) is -0.372. The highest BCUT2D eigenvalue weighted by molar-refractivity contribution is 7.98. The van der Waals surface area contributed by atoms with Crippen LogP contribution in [0, 0.1) is 0 Å². The third kappa shape index (κ3) is 3.25. The quantitative estimate of drug-likeness (QED) is 0.831. The van der Waals surface area contributed by atoms with Gasteiger partial charge in [0, 0.05) is 35.4 Å². The Morgan fingerprint density at radius 3 is 2.88 bits per heavy atom. The monoisotopic (exact) mass is 247 g/mol. The molecule has 17 heavy (non-hydrogen) atoms. The lowest BCUT2D eigenvalue weighted by molar-refractivity contribution is 0.0690. The fourth-order valence-electron chi connectivity index (χ4n) is 1.18. The molecule has 0 amide bonds. The van der Waals surface area contributed by atoms with Gasteiger partial charge in [0.05, 0.1) is 5.69 Å². The number of carboxylic acid groups (broad SMARTS) is 1. The highest BCUT2D eigenvalue weighted by Gasteiger charge is 2.05. The van der Waals surface area contributed by atoms with Crippen LogP contribution in [0.5, 0.6) is 0 Å². The molecule has 0 spiro atoms. The minimum absolute atomic E-state index is 0.0501. The molecule has 0 radical (unpaired) electrons. The van der Waals surface area contributed by atoms with Crippen LogP contribution >= 0.6 is 11.8 Å². The largest absolute Gasteiger partial charge is 0.477 e. The number of nitrogens with zero attached hydrogens (tertiary/aromatic N) is 3. The van der Waals surface area contributed by atoms with Gasteiger partial charge in [-0.2, -0.15) is 0 Å². The van der Waals surface area contributed by atoms with E-state index in [9.17, 15) is 4.79 Å². The molecule has 1 N–H and O–H groups in total. The Hall–Kier alpha value is -1.95. The van der Waals surface area contributed by atoms with E-state index in [4.69, 9.17) is 5.11 Å². The molecule has 0 aliphatic heterocycles. The van der Waals surface area contributed by atoms with Gasteiger partial charge in [0.15, 0.2) is 0 Å². The second-order valence-electron chi connectivity index (χ2n) is 3.17. The first kappa shape index (κ1) is 11.5. The first-order chi connectivity index (χ1) is 8.25. The first-order valence-electron chi connectivity index (χ1n) is 4.83. The third-order valence-corrected chi connectivity index (χ3v) is 2.98. The number of hydrogen-bond acceptors (Lipinski definition) is 5. The summed E-state index contributed by atoms with van der Waals surface area (Å²) in [6.07, 6.45) is 6.42. The zero-order valence-corrected chi connectivity index (χ0v) is 9.59. The van der Waals surface area contributed by atoms with E-state index in [-0.39, 0.29) is 5.69 Å². The molecule has 0 unspecified atom stereocenters. The molecule has 0 aromatic carbocycles. The van der Waals surface area contributed by atoms with E-state index >= 15 is 0 Å². The second kappa shape index (κ2) is 5.40. The molecule has 0 aliphatic carbocycles. The Labute approximate surface area is 102 Å². The molecule has 0 aliphatic rings. The maximum atomic E-state index is 10.7. The average Bonchev–Trinajstić information content (AvgIpc) is 2.38. The molecule has 2 rings (SSSR count). The van der Waals surface area contributed by atoms with Crippen molar-refractivity contribution >= 4 is 17.7 Å². The van der Waals surface area contributed by atoms with Crippen LogP contribution < -0.4 is 0 Å². The number of rotatable bonds is 4. The Balaban J connectivity index is 2.04. The van der Waals surface area contributed by atoms with Crippen molar-refractivity contribution in [1.82, 2.24) is 15.0 Å². The number of carboxylic acids is 1. The van der Waals surface area contributed by atoms with Crippen LogP contribution in [0.25, 0.3) is 0 Å². The molecule has 5 nitrogen and oxygen atoms in total. The SMILES string of the molecule is O=C(O)c1cc(SCc2cnccn2)ccn1. The van der Waals surface area contributed by atoms with E-state index in [1.54, 1.807) is 30.7 Å². The third-order valence-electron chi connectivity index (χ3n) is 1.95. The highest BCUT2D eigenvalue weighted by Crippen LogP contribution is 2.21. The van der Waals surface area contributed by atoms with E-state index in [1.165, 1.54) is 18.0 Å². The standard InChI is InChI=1S/C11H9N3O2S/c15-11(16)10-5-9(1-2-14-10)17-7-8-6-12-3-4-13-8/h1-6H,7H2,(H,15,16). The maximum absolute atomic E-state index is 10.7. The van der Waals surface area contributed by atoms with Crippen LogP contribution in [0.2, 0.25) is 0 Å². The van der Waals surface area contributed by atoms with Gasteiger partial charge in [-0.1, -0.05) is 0 Å². The average molecular weight is 247 g/mol. The summed E-state index contributed by atoms with van der Waals surface area (Å²) >= 11 is 1.50. The zero-order chi connectivity index (χ0) is 12.1. The molecule has 0 fully saturated rings. The Bertz CT molecular complexity index is 519. The molecule has 0 saturated carbocycles. The summed E-state index contributed by atoms with van der Waals surface area (Å²) in [7, 11) is 0. The first-order valence-corrected chi connectivity index (χ1v) is 5.81. The smallest absolute Gasteiger partial charge is 0.354 e. The van der Waals surface area contributed by atoms with E-state index in [0.29, 0.717) is 5.75 Å². The molecular formula is C11H9N3O2S. The predicted molar refractivity (Wildman–Crippen MR) is 62.8 cm³/mol. The van der Waals surface area contributed by atoms with Gasteiger partial charge in [0.2, 0.25) is 0 Å². The molecule has 86 valence electrons. The molecule has 0 saturated heterocycles. The molecule has 2 heterocycles. The summed E-state index contributed by atoms with van der Waals surface area (Å²) in [4.78, 5) is 23.4. The molecule has 2 aromatic rings. The Kier molecular flexibility index (Phi) is 3.66. The van der Waals surface area contributed by atoms with Gasteiger partial charge in [0.1, 0.15) is 5.69 Å². The van der Waals surface area contributed by atoms with Crippen molar-refractivity contribution < 1.29 is 9.90 Å². The molecule has 2 aromatic heterocycles. The summed E-state index contributed by atoms with van der Waals surface area (Å²) in [6.45, 7) is 0. The topological polar surface area (TPSA) is 76.0 Å². The molecule has 6 heteroatoms. The van der Waals surface area contributed by atoms with Crippen molar-refractivity contribution in [2.75, 3.05) is 0 Å². The van der Waals surface area contributed by atoms with Crippen molar-refractivity contribution in [1.29, 1.82) is 0 Å². The van der Waals surface area contributed by atoms with E-state index in [1.807, 2.05) is 0 Å². The number of carbonyl (C=O) groups is 1. The Morgan fingerprint density at radius 1 is 1.29 bits per heavy atom. The molecule has 0 atom stereocenters. The van der Waals surface area contributed by atoms with Gasteiger partial charge in [-0.25, -0.2) is 9.78 Å². The van der Waals surface area contributed by atoms with Crippen molar-refractivity contribution in [2.45, 2.75) is 10.6 Å². The number of aromatic nitrogens is 3. The normalized spacial score (nSPS) is 10.1. The van der Waals surface area contributed by atoms with Crippen LogP contribution in [-0.2, 0) is 5.75 Å². The second-order valence-corrected chi connectivity index (χ2v) is 4.22. The number of pyridine rings is 1. The van der Waals surface area contributed by atoms with Crippen LogP contribution in [0.3, 0.4) is 0 Å². The number of hydrogen-bond donors (Lipinski definition) is 1. The van der Waals surface area contributed by atoms with Gasteiger partial charge in [-0.05, 0) is 12.1 Å². The van der Waals surface area contributed by atoms with Crippen molar-refractivity contribution in [2.24, 2.45) is 0 Å². The lowest BCUT2D eigenvalue weighted by Crippen LogP contribution is -1.99. The lowest BCUT2D eigenvalue weighted by atomic mass is 10.3. The van der Waals surface area contributed by atoms with Gasteiger partial charge in [-0.3, -0.25) is 9.97 Å². The molecule has 0 bridgehead atoms. The van der Waals surface area contributed by atoms with Crippen LogP contribution in [0.15, 0.2) is 41.8 Å². The summed E-state index contributed by atoms with van der Waals surface area (Å²) in [6, 6.07) is 3.32. The maximum Gasteiger partial charge on any atom is 0.354 e. The fraction of sp³-hybridized carbons (Fsp3) is 0.0909. The van der Waals surface area contributed by atoms with Gasteiger partial charge in [-0.15, -0.1) is 11.8 Å².